The number of halogens is 6. The summed E-state index contributed by atoms with van der Waals surface area (Å²) in [4.78, 5) is 0. The van der Waals surface area contributed by atoms with Crippen LogP contribution in [0.3, 0.4) is 0 Å². The first-order chi connectivity index (χ1) is 9.83. The zero-order chi connectivity index (χ0) is 17.3. The molecule has 0 aliphatic rings. The zero-order valence-corrected chi connectivity index (χ0v) is 11.6. The summed E-state index contributed by atoms with van der Waals surface area (Å²) in [5.74, 6) is -1.87. The van der Waals surface area contributed by atoms with Gasteiger partial charge in [-0.3, -0.25) is 0 Å². The van der Waals surface area contributed by atoms with Crippen LogP contribution in [0.1, 0.15) is 11.1 Å². The van der Waals surface area contributed by atoms with Crippen LogP contribution >= 0.6 is 0 Å². The maximum Gasteiger partial charge on any atom is 0.534 e. The number of methoxy groups -OCH3 is 1. The van der Waals surface area contributed by atoms with Crippen molar-refractivity contribution in [1.82, 2.24) is 0 Å². The molecule has 11 heteroatoms. The highest BCUT2D eigenvalue weighted by Crippen LogP contribution is 2.41. The van der Waals surface area contributed by atoms with Crippen LogP contribution < -0.4 is 8.92 Å². The van der Waals surface area contributed by atoms with Crippen molar-refractivity contribution >= 4 is 16.2 Å². The number of hydrogen-bond donors (Lipinski definition) is 0. The molecular weight excluding hydrogens is 342 g/mol. The van der Waals surface area contributed by atoms with Gasteiger partial charge in [-0.1, -0.05) is 12.7 Å². The van der Waals surface area contributed by atoms with E-state index >= 15 is 0 Å². The Balaban J connectivity index is 3.52. The van der Waals surface area contributed by atoms with Crippen molar-refractivity contribution in [3.05, 3.63) is 29.8 Å². The van der Waals surface area contributed by atoms with Gasteiger partial charge in [0.1, 0.15) is 0 Å². The van der Waals surface area contributed by atoms with E-state index in [1.165, 1.54) is 0 Å². The lowest BCUT2D eigenvalue weighted by Gasteiger charge is -2.17. The molecule has 0 unspecified atom stereocenters. The number of ether oxygens (including phenoxy) is 1. The van der Waals surface area contributed by atoms with Crippen molar-refractivity contribution in [2.75, 3.05) is 7.11 Å². The van der Waals surface area contributed by atoms with Gasteiger partial charge < -0.3 is 8.92 Å². The van der Waals surface area contributed by atoms with E-state index in [1.807, 2.05) is 0 Å². The van der Waals surface area contributed by atoms with Crippen LogP contribution in [-0.4, -0.2) is 21.0 Å². The van der Waals surface area contributed by atoms with Gasteiger partial charge in [-0.05, 0) is 12.1 Å². The fourth-order valence-corrected chi connectivity index (χ4v) is 1.83. The molecule has 0 bridgehead atoms. The molecule has 0 N–H and O–H groups in total. The highest BCUT2D eigenvalue weighted by molar-refractivity contribution is 7.88. The van der Waals surface area contributed by atoms with E-state index < -0.39 is 44.4 Å². The molecule has 0 heterocycles. The number of hydrogen-bond acceptors (Lipinski definition) is 4. The molecule has 1 aromatic carbocycles. The van der Waals surface area contributed by atoms with E-state index in [1.54, 1.807) is 0 Å². The van der Waals surface area contributed by atoms with Gasteiger partial charge in [0.15, 0.2) is 11.5 Å². The van der Waals surface area contributed by atoms with Crippen LogP contribution in [0.2, 0.25) is 0 Å². The van der Waals surface area contributed by atoms with Gasteiger partial charge in [-0.25, -0.2) is 0 Å². The monoisotopic (exact) mass is 350 g/mol. The molecule has 0 aliphatic carbocycles. The van der Waals surface area contributed by atoms with Gasteiger partial charge in [0.25, 0.3) is 0 Å². The average Bonchev–Trinajstić information content (AvgIpc) is 2.35. The third-order valence-electron chi connectivity index (χ3n) is 2.33. The van der Waals surface area contributed by atoms with Crippen molar-refractivity contribution in [2.45, 2.75) is 11.7 Å². The molecule has 1 rings (SSSR count). The van der Waals surface area contributed by atoms with E-state index in [-0.39, 0.29) is 0 Å². The Morgan fingerprint density at radius 2 is 1.68 bits per heavy atom. The molecule has 0 saturated heterocycles. The highest BCUT2D eigenvalue weighted by atomic mass is 32.2. The summed E-state index contributed by atoms with van der Waals surface area (Å²) in [5.41, 5.74) is -7.64. The molecule has 124 valence electrons. The summed E-state index contributed by atoms with van der Waals surface area (Å²) in [6.07, 6.45) is -4.12. The highest BCUT2D eigenvalue weighted by Gasteiger charge is 2.49. The third kappa shape index (κ3) is 3.64. The van der Waals surface area contributed by atoms with Gasteiger partial charge in [0.2, 0.25) is 0 Å². The number of alkyl halides is 6. The second kappa shape index (κ2) is 5.71. The Kier molecular flexibility index (Phi) is 4.70. The van der Waals surface area contributed by atoms with Crippen molar-refractivity contribution in [3.8, 4) is 11.5 Å². The molecule has 22 heavy (non-hydrogen) atoms. The third-order valence-corrected chi connectivity index (χ3v) is 3.28. The Bertz CT molecular complexity index is 675. The Morgan fingerprint density at radius 1 is 1.14 bits per heavy atom. The first-order valence-electron chi connectivity index (χ1n) is 5.26. The van der Waals surface area contributed by atoms with Crippen molar-refractivity contribution in [3.63, 3.8) is 0 Å². The Morgan fingerprint density at radius 3 is 2.05 bits per heavy atom. The van der Waals surface area contributed by atoms with Gasteiger partial charge in [0, 0.05) is 5.56 Å². The van der Waals surface area contributed by atoms with Gasteiger partial charge in [0.05, 0.1) is 12.7 Å². The van der Waals surface area contributed by atoms with E-state index in [0.717, 1.165) is 7.11 Å². The maximum atomic E-state index is 12.7. The fraction of sp³-hybridized carbons (Fsp3) is 0.273. The molecule has 0 aliphatic heterocycles. The molecule has 0 aromatic heterocycles. The smallest absolute Gasteiger partial charge is 0.493 e. The summed E-state index contributed by atoms with van der Waals surface area (Å²) < 4.78 is 105. The van der Waals surface area contributed by atoms with E-state index in [9.17, 15) is 34.8 Å². The minimum Gasteiger partial charge on any atom is -0.493 e. The van der Waals surface area contributed by atoms with E-state index in [2.05, 4.69) is 15.5 Å². The lowest BCUT2D eigenvalue weighted by molar-refractivity contribution is -0.137. The molecule has 4 nitrogen and oxygen atoms in total. The molecule has 0 fully saturated rings. The largest absolute Gasteiger partial charge is 0.534 e. The summed E-state index contributed by atoms with van der Waals surface area (Å²) in [5, 5.41) is 0. The molecule has 0 atom stereocenters. The van der Waals surface area contributed by atoms with Gasteiger partial charge >= 0.3 is 21.8 Å². The van der Waals surface area contributed by atoms with Crippen molar-refractivity contribution in [1.29, 1.82) is 0 Å². The van der Waals surface area contributed by atoms with Crippen LogP contribution in [0.4, 0.5) is 26.3 Å². The van der Waals surface area contributed by atoms with E-state index in [0.29, 0.717) is 18.2 Å². The van der Waals surface area contributed by atoms with Crippen LogP contribution in [0.5, 0.6) is 11.5 Å². The van der Waals surface area contributed by atoms with Crippen LogP contribution in [0, 0.1) is 0 Å². The molecule has 0 spiro atoms. The van der Waals surface area contributed by atoms with Gasteiger partial charge in [-0.15, -0.1) is 0 Å². The minimum absolute atomic E-state index is 0.314. The number of rotatable bonds is 4. The Labute approximate surface area is 121 Å². The van der Waals surface area contributed by atoms with E-state index in [4.69, 9.17) is 0 Å². The topological polar surface area (TPSA) is 52.6 Å². The normalized spacial score (nSPS) is 12.9. The summed E-state index contributed by atoms with van der Waals surface area (Å²) in [7, 11) is -5.23. The second-order valence-corrected chi connectivity index (χ2v) is 5.32. The molecule has 1 aromatic rings. The predicted octanol–water partition coefficient (Wildman–Crippen LogP) is 3.59. The first kappa shape index (κ1) is 18.1. The van der Waals surface area contributed by atoms with Crippen LogP contribution in [0.25, 0.3) is 6.08 Å². The summed E-state index contributed by atoms with van der Waals surface area (Å²) in [6, 6.07) is 0.699. The molecule has 0 saturated carbocycles. The lowest BCUT2D eigenvalue weighted by atomic mass is 10.1. The summed E-state index contributed by atoms with van der Waals surface area (Å²) >= 11 is 0. The van der Waals surface area contributed by atoms with Crippen LogP contribution in [-0.2, 0) is 16.3 Å². The fourth-order valence-electron chi connectivity index (χ4n) is 1.34. The predicted molar refractivity (Wildman–Crippen MR) is 63.7 cm³/mol. The Hall–Kier alpha value is -1.91. The standard InChI is InChI=1S/C11H8F6O4S/c1-3-6-4-7(10(12,13)14)5-8(20-2)9(6)21-22(18,19)11(15,16)17/h3-5H,1H2,2H3. The van der Waals surface area contributed by atoms with Gasteiger partial charge in [-0.2, -0.15) is 34.8 Å². The zero-order valence-electron chi connectivity index (χ0n) is 10.7. The number of benzene rings is 1. The van der Waals surface area contributed by atoms with Crippen molar-refractivity contribution < 1.29 is 43.7 Å². The lowest BCUT2D eigenvalue weighted by Crippen LogP contribution is -2.28. The first-order valence-corrected chi connectivity index (χ1v) is 6.66. The molecular formula is C11H8F6O4S. The van der Waals surface area contributed by atoms with Crippen molar-refractivity contribution in [2.24, 2.45) is 0 Å². The second-order valence-electron chi connectivity index (χ2n) is 3.78. The summed E-state index contributed by atoms with van der Waals surface area (Å²) in [6.45, 7) is 3.10. The molecule has 0 amide bonds. The molecule has 0 radical (unpaired) electrons. The SMILES string of the molecule is C=Cc1cc(C(F)(F)F)cc(OC)c1OS(=O)(=O)C(F)(F)F. The minimum atomic E-state index is -6.07. The quantitative estimate of drug-likeness (QED) is 0.473. The average molecular weight is 350 g/mol. The van der Waals surface area contributed by atoms with Crippen LogP contribution in [0.15, 0.2) is 18.7 Å². The maximum absolute atomic E-state index is 12.7.